The number of rotatable bonds is 7. The maximum atomic E-state index is 12.8. The summed E-state index contributed by atoms with van der Waals surface area (Å²) >= 11 is 1.40. The Labute approximate surface area is 163 Å². The highest BCUT2D eigenvalue weighted by Gasteiger charge is 2.54. The zero-order valence-electron chi connectivity index (χ0n) is 15.8. The number of hydrogen-bond acceptors (Lipinski definition) is 5. The van der Waals surface area contributed by atoms with Gasteiger partial charge >= 0.3 is 5.97 Å². The van der Waals surface area contributed by atoms with E-state index in [2.05, 4.69) is 5.32 Å². The zero-order chi connectivity index (χ0) is 19.0. The van der Waals surface area contributed by atoms with Crippen LogP contribution in [-0.2, 0) is 14.3 Å². The van der Waals surface area contributed by atoms with Gasteiger partial charge in [0.05, 0.1) is 11.3 Å². The summed E-state index contributed by atoms with van der Waals surface area (Å²) in [5.41, 5.74) is -0.189. The molecule has 4 bridgehead atoms. The average molecular weight is 390 g/mol. The van der Waals surface area contributed by atoms with Crippen LogP contribution in [0.15, 0.2) is 12.1 Å². The van der Waals surface area contributed by atoms with Crippen molar-refractivity contribution in [3.05, 3.63) is 21.9 Å². The van der Waals surface area contributed by atoms with Crippen LogP contribution in [0.4, 0.5) is 0 Å². The molecule has 4 saturated carbocycles. The Balaban J connectivity index is 1.20. The minimum Gasteiger partial charge on any atom is -0.457 e. The molecule has 0 spiro atoms. The van der Waals surface area contributed by atoms with Crippen molar-refractivity contribution in [2.75, 3.05) is 13.2 Å². The van der Waals surface area contributed by atoms with E-state index in [9.17, 15) is 14.4 Å². The highest BCUT2D eigenvalue weighted by Crippen LogP contribution is 2.60. The average Bonchev–Trinajstić information content (AvgIpc) is 3.05. The van der Waals surface area contributed by atoms with Crippen LogP contribution in [0, 0.1) is 30.1 Å². The molecule has 1 N–H and O–H groups in total. The van der Waals surface area contributed by atoms with Crippen LogP contribution in [0.3, 0.4) is 0 Å². The van der Waals surface area contributed by atoms with E-state index in [1.54, 1.807) is 6.07 Å². The molecule has 0 atom stereocenters. The van der Waals surface area contributed by atoms with E-state index >= 15 is 0 Å². The molecule has 0 saturated heterocycles. The normalized spacial score (nSPS) is 30.9. The van der Waals surface area contributed by atoms with Crippen LogP contribution in [0.25, 0.3) is 0 Å². The Morgan fingerprint density at radius 2 is 1.74 bits per heavy atom. The second kappa shape index (κ2) is 7.38. The summed E-state index contributed by atoms with van der Waals surface area (Å²) in [6, 6.07) is 3.63. The third kappa shape index (κ3) is 3.96. The van der Waals surface area contributed by atoms with Gasteiger partial charge in [0.1, 0.15) is 0 Å². The Kier molecular flexibility index (Phi) is 5.10. The van der Waals surface area contributed by atoms with Gasteiger partial charge in [-0.15, -0.1) is 11.3 Å². The molecule has 1 aromatic rings. The molecule has 5 nitrogen and oxygen atoms in total. The standard InChI is InChI=1S/C21H27NO4S/c1-13-2-3-18(27-13)17(23)12-26-19(24)4-5-22-20(25)21-9-14-6-15(10-21)8-16(7-14)11-21/h2-3,14-16H,4-12H2,1H3,(H,22,25). The fourth-order valence-corrected chi connectivity index (χ4v) is 6.52. The highest BCUT2D eigenvalue weighted by atomic mass is 32.1. The van der Waals surface area contributed by atoms with Crippen molar-refractivity contribution in [2.45, 2.75) is 51.9 Å². The Bertz CT molecular complexity index is 718. The molecular formula is C21H27NO4S. The zero-order valence-corrected chi connectivity index (χ0v) is 16.6. The number of ketones is 1. The number of amides is 1. The predicted molar refractivity (Wildman–Crippen MR) is 103 cm³/mol. The molecule has 0 aliphatic heterocycles. The van der Waals surface area contributed by atoms with Crippen molar-refractivity contribution in [3.8, 4) is 0 Å². The van der Waals surface area contributed by atoms with Gasteiger partial charge in [0.25, 0.3) is 0 Å². The second-order valence-electron chi connectivity index (χ2n) is 8.70. The summed E-state index contributed by atoms with van der Waals surface area (Å²) in [7, 11) is 0. The fourth-order valence-electron chi connectivity index (χ4n) is 5.73. The van der Waals surface area contributed by atoms with Gasteiger partial charge in [0.2, 0.25) is 11.7 Å². The van der Waals surface area contributed by atoms with Gasteiger partial charge in [0.15, 0.2) is 6.61 Å². The fraction of sp³-hybridized carbons (Fsp3) is 0.667. The van der Waals surface area contributed by atoms with Crippen molar-refractivity contribution >= 4 is 29.0 Å². The molecule has 6 heteroatoms. The van der Waals surface area contributed by atoms with Crippen LogP contribution in [0.2, 0.25) is 0 Å². The van der Waals surface area contributed by atoms with E-state index in [1.165, 1.54) is 30.6 Å². The molecule has 0 unspecified atom stereocenters. The molecule has 1 amide bonds. The van der Waals surface area contributed by atoms with Crippen LogP contribution >= 0.6 is 11.3 Å². The van der Waals surface area contributed by atoms with Gasteiger partial charge in [-0.25, -0.2) is 0 Å². The number of esters is 1. The minimum absolute atomic E-state index is 0.106. The largest absolute Gasteiger partial charge is 0.457 e. The second-order valence-corrected chi connectivity index (χ2v) is 9.99. The first kappa shape index (κ1) is 18.7. The molecule has 0 radical (unpaired) electrons. The highest BCUT2D eigenvalue weighted by molar-refractivity contribution is 7.14. The quantitative estimate of drug-likeness (QED) is 0.572. The smallest absolute Gasteiger partial charge is 0.308 e. The van der Waals surface area contributed by atoms with E-state index in [4.69, 9.17) is 4.74 Å². The summed E-state index contributed by atoms with van der Waals surface area (Å²) in [4.78, 5) is 38.3. The molecule has 5 rings (SSSR count). The number of carbonyl (C=O) groups excluding carboxylic acids is 3. The van der Waals surface area contributed by atoms with Crippen molar-refractivity contribution < 1.29 is 19.1 Å². The monoisotopic (exact) mass is 389 g/mol. The number of Topliss-reactive ketones (excluding diaryl/α,β-unsaturated/α-hetero) is 1. The Morgan fingerprint density at radius 1 is 1.11 bits per heavy atom. The maximum absolute atomic E-state index is 12.8. The maximum Gasteiger partial charge on any atom is 0.308 e. The lowest BCUT2D eigenvalue weighted by molar-refractivity contribution is -0.147. The van der Waals surface area contributed by atoms with Crippen molar-refractivity contribution in [1.82, 2.24) is 5.32 Å². The summed E-state index contributed by atoms with van der Waals surface area (Å²) in [6.45, 7) is 1.98. The van der Waals surface area contributed by atoms with Crippen LogP contribution in [0.5, 0.6) is 0 Å². The number of ether oxygens (including phenoxy) is 1. The summed E-state index contributed by atoms with van der Waals surface area (Å²) < 4.78 is 5.07. The van der Waals surface area contributed by atoms with E-state index < -0.39 is 5.97 Å². The number of thiophene rings is 1. The van der Waals surface area contributed by atoms with Crippen molar-refractivity contribution in [1.29, 1.82) is 0 Å². The summed E-state index contributed by atoms with van der Waals surface area (Å²) in [5, 5.41) is 2.97. The third-order valence-electron chi connectivity index (χ3n) is 6.51. The third-order valence-corrected chi connectivity index (χ3v) is 7.56. The number of hydrogen-bond donors (Lipinski definition) is 1. The van der Waals surface area contributed by atoms with Crippen molar-refractivity contribution in [3.63, 3.8) is 0 Å². The molecule has 4 aliphatic carbocycles. The first-order valence-corrected chi connectivity index (χ1v) is 10.8. The summed E-state index contributed by atoms with van der Waals surface area (Å²) in [6.07, 6.45) is 7.07. The number of aryl methyl sites for hydroxylation is 1. The van der Waals surface area contributed by atoms with Gasteiger partial charge in [-0.05, 0) is 75.3 Å². The van der Waals surface area contributed by atoms with Gasteiger partial charge in [-0.2, -0.15) is 0 Å². The molecule has 1 aromatic heterocycles. The first-order chi connectivity index (χ1) is 12.9. The van der Waals surface area contributed by atoms with E-state index in [-0.39, 0.29) is 36.7 Å². The number of carbonyl (C=O) groups is 3. The molecule has 4 aliphatic rings. The lowest BCUT2D eigenvalue weighted by atomic mass is 9.49. The van der Waals surface area contributed by atoms with Crippen LogP contribution in [-0.4, -0.2) is 30.8 Å². The molecule has 27 heavy (non-hydrogen) atoms. The van der Waals surface area contributed by atoms with Gasteiger partial charge in [-0.3, -0.25) is 14.4 Å². The predicted octanol–water partition coefficient (Wildman–Crippen LogP) is 3.51. The van der Waals surface area contributed by atoms with Gasteiger partial charge < -0.3 is 10.1 Å². The SMILES string of the molecule is Cc1ccc(C(=O)COC(=O)CCNC(=O)C23CC4CC(CC(C4)C2)C3)s1. The van der Waals surface area contributed by atoms with E-state index in [0.717, 1.165) is 41.9 Å². The molecule has 1 heterocycles. The first-order valence-electron chi connectivity index (χ1n) is 9.97. The topological polar surface area (TPSA) is 72.5 Å². The lowest BCUT2D eigenvalue weighted by Crippen LogP contribution is -2.53. The van der Waals surface area contributed by atoms with Gasteiger partial charge in [-0.1, -0.05) is 0 Å². The molecule has 0 aromatic carbocycles. The van der Waals surface area contributed by atoms with Crippen LogP contribution in [0.1, 0.15) is 59.5 Å². The van der Waals surface area contributed by atoms with E-state index in [1.807, 2.05) is 13.0 Å². The van der Waals surface area contributed by atoms with Crippen molar-refractivity contribution in [2.24, 2.45) is 23.2 Å². The molecule has 146 valence electrons. The molecule has 4 fully saturated rings. The Morgan fingerprint density at radius 3 is 2.30 bits per heavy atom. The minimum atomic E-state index is -0.442. The lowest BCUT2D eigenvalue weighted by Gasteiger charge is -2.55. The van der Waals surface area contributed by atoms with Gasteiger partial charge in [0, 0.05) is 16.8 Å². The number of nitrogens with one attached hydrogen (secondary N) is 1. The Hall–Kier alpha value is -1.69. The summed E-state index contributed by atoms with van der Waals surface area (Å²) in [5.74, 6) is 1.66. The molecular weight excluding hydrogens is 362 g/mol. The van der Waals surface area contributed by atoms with E-state index in [0.29, 0.717) is 4.88 Å². The van der Waals surface area contributed by atoms with Crippen LogP contribution < -0.4 is 5.32 Å².